The molecule has 3 N–H and O–H groups in total. The fraction of sp³-hybridized carbons (Fsp3) is 0.391. The molecule has 1 aliphatic carbocycles. The van der Waals surface area contributed by atoms with Crippen molar-refractivity contribution in [3.8, 4) is 0 Å². The van der Waals surface area contributed by atoms with Gasteiger partial charge in [0.05, 0.1) is 11.0 Å². The van der Waals surface area contributed by atoms with E-state index in [9.17, 15) is 9.59 Å². The van der Waals surface area contributed by atoms with Gasteiger partial charge in [-0.15, -0.1) is 0 Å². The number of aromatic amines is 1. The molecular formula is C23H28N4O2. The third-order valence-corrected chi connectivity index (χ3v) is 6.14. The quantitative estimate of drug-likeness (QED) is 0.602. The number of imidazole rings is 1. The monoisotopic (exact) mass is 392 g/mol. The number of rotatable bonds is 6. The van der Waals surface area contributed by atoms with E-state index in [-0.39, 0.29) is 23.2 Å². The second kappa shape index (κ2) is 7.87. The molecule has 6 heteroatoms. The van der Waals surface area contributed by atoms with E-state index in [1.165, 1.54) is 18.4 Å². The SMILES string of the molecule is CC(NC1(CNC(=O)c2ccc3c(c2)[nH]c(=O)n3C)CCCC1)c1ccccc1. The normalized spacial score (nSPS) is 16.8. The molecule has 1 saturated carbocycles. The van der Waals surface area contributed by atoms with Crippen molar-refractivity contribution < 1.29 is 4.79 Å². The van der Waals surface area contributed by atoms with Crippen molar-refractivity contribution in [1.29, 1.82) is 0 Å². The van der Waals surface area contributed by atoms with Crippen LogP contribution in [0.5, 0.6) is 0 Å². The highest BCUT2D eigenvalue weighted by molar-refractivity contribution is 5.97. The van der Waals surface area contributed by atoms with Crippen LogP contribution in [0, 0.1) is 0 Å². The molecule has 0 bridgehead atoms. The Hall–Kier alpha value is -2.86. The van der Waals surface area contributed by atoms with Crippen LogP contribution in [0.25, 0.3) is 11.0 Å². The first-order valence-electron chi connectivity index (χ1n) is 10.3. The molecule has 1 heterocycles. The number of hydrogen-bond acceptors (Lipinski definition) is 3. The zero-order chi connectivity index (χ0) is 20.4. The number of hydrogen-bond donors (Lipinski definition) is 3. The zero-order valence-corrected chi connectivity index (χ0v) is 17.0. The number of nitrogens with zero attached hydrogens (tertiary/aromatic N) is 1. The first kappa shape index (κ1) is 19.5. The highest BCUT2D eigenvalue weighted by Crippen LogP contribution is 2.32. The van der Waals surface area contributed by atoms with E-state index in [4.69, 9.17) is 0 Å². The Kier molecular flexibility index (Phi) is 5.28. The summed E-state index contributed by atoms with van der Waals surface area (Å²) >= 11 is 0. The summed E-state index contributed by atoms with van der Waals surface area (Å²) in [6.07, 6.45) is 4.44. The number of aryl methyl sites for hydroxylation is 1. The summed E-state index contributed by atoms with van der Waals surface area (Å²) < 4.78 is 1.54. The summed E-state index contributed by atoms with van der Waals surface area (Å²) in [7, 11) is 1.71. The lowest BCUT2D eigenvalue weighted by atomic mass is 9.94. The molecule has 152 valence electrons. The van der Waals surface area contributed by atoms with E-state index in [0.29, 0.717) is 17.6 Å². The molecular weight excluding hydrogens is 364 g/mol. The second-order valence-electron chi connectivity index (χ2n) is 8.17. The molecule has 3 aromatic rings. The van der Waals surface area contributed by atoms with Gasteiger partial charge in [0.25, 0.3) is 5.91 Å². The average molecular weight is 393 g/mol. The van der Waals surface area contributed by atoms with Gasteiger partial charge in [0.1, 0.15) is 0 Å². The van der Waals surface area contributed by atoms with E-state index >= 15 is 0 Å². The maximum absolute atomic E-state index is 12.8. The van der Waals surface area contributed by atoms with Crippen molar-refractivity contribution in [3.63, 3.8) is 0 Å². The summed E-state index contributed by atoms with van der Waals surface area (Å²) in [6, 6.07) is 15.9. The number of aromatic nitrogens is 2. The molecule has 0 saturated heterocycles. The Morgan fingerprint density at radius 2 is 1.90 bits per heavy atom. The van der Waals surface area contributed by atoms with Gasteiger partial charge >= 0.3 is 5.69 Å². The highest BCUT2D eigenvalue weighted by atomic mass is 16.2. The van der Waals surface area contributed by atoms with Crippen molar-refractivity contribution in [3.05, 3.63) is 70.1 Å². The minimum atomic E-state index is -0.179. The van der Waals surface area contributed by atoms with Crippen LogP contribution in [0.4, 0.5) is 0 Å². The van der Waals surface area contributed by atoms with Gasteiger partial charge in [0.2, 0.25) is 0 Å². The van der Waals surface area contributed by atoms with Crippen LogP contribution in [0.1, 0.15) is 54.6 Å². The van der Waals surface area contributed by atoms with E-state index in [1.54, 1.807) is 23.7 Å². The van der Waals surface area contributed by atoms with Crippen LogP contribution in [-0.4, -0.2) is 27.5 Å². The number of carbonyl (C=O) groups is 1. The van der Waals surface area contributed by atoms with E-state index in [1.807, 2.05) is 12.1 Å². The molecule has 1 aliphatic rings. The van der Waals surface area contributed by atoms with Crippen LogP contribution in [0.15, 0.2) is 53.3 Å². The van der Waals surface area contributed by atoms with Gasteiger partial charge in [-0.3, -0.25) is 9.36 Å². The molecule has 6 nitrogen and oxygen atoms in total. The molecule has 0 aliphatic heterocycles. The van der Waals surface area contributed by atoms with Gasteiger partial charge in [-0.1, -0.05) is 43.2 Å². The van der Waals surface area contributed by atoms with Gasteiger partial charge in [0, 0.05) is 30.7 Å². The summed E-state index contributed by atoms with van der Waals surface area (Å²) in [5, 5.41) is 6.91. The van der Waals surface area contributed by atoms with Gasteiger partial charge in [-0.05, 0) is 43.5 Å². The molecule has 1 atom stereocenters. The molecule has 4 rings (SSSR count). The molecule has 1 aromatic heterocycles. The van der Waals surface area contributed by atoms with Crippen molar-refractivity contribution in [2.75, 3.05) is 6.54 Å². The molecule has 0 spiro atoms. The maximum Gasteiger partial charge on any atom is 0.326 e. The van der Waals surface area contributed by atoms with Gasteiger partial charge in [0.15, 0.2) is 0 Å². The lowest BCUT2D eigenvalue weighted by molar-refractivity contribution is 0.0936. The standard InChI is InChI=1S/C23H28N4O2/c1-16(17-8-4-3-5-9-17)26-23(12-6-7-13-23)15-24-21(28)18-10-11-20-19(14-18)25-22(29)27(20)2/h3-5,8-11,14,16,26H,6-7,12-13,15H2,1-2H3,(H,24,28)(H,25,29). The van der Waals surface area contributed by atoms with Gasteiger partial charge in [-0.2, -0.15) is 0 Å². The zero-order valence-electron chi connectivity index (χ0n) is 17.0. The van der Waals surface area contributed by atoms with Crippen molar-refractivity contribution >= 4 is 16.9 Å². The smallest absolute Gasteiger partial charge is 0.326 e. The van der Waals surface area contributed by atoms with Crippen LogP contribution in [-0.2, 0) is 7.05 Å². The summed E-state index contributed by atoms with van der Waals surface area (Å²) in [5.41, 5.74) is 3.01. The lowest BCUT2D eigenvalue weighted by Gasteiger charge is -2.34. The van der Waals surface area contributed by atoms with E-state index in [0.717, 1.165) is 18.4 Å². The largest absolute Gasteiger partial charge is 0.350 e. The number of amides is 1. The number of nitrogens with one attached hydrogen (secondary N) is 3. The maximum atomic E-state index is 12.8. The number of fused-ring (bicyclic) bond motifs is 1. The number of carbonyl (C=O) groups excluding carboxylic acids is 1. The number of H-pyrrole nitrogens is 1. The van der Waals surface area contributed by atoms with E-state index < -0.39 is 0 Å². The van der Waals surface area contributed by atoms with Crippen LogP contribution >= 0.6 is 0 Å². The Labute approximate surface area is 170 Å². The molecule has 29 heavy (non-hydrogen) atoms. The minimum absolute atomic E-state index is 0.0872. The number of benzene rings is 2. The van der Waals surface area contributed by atoms with Gasteiger partial charge in [-0.25, -0.2) is 4.79 Å². The fourth-order valence-electron chi connectivity index (χ4n) is 4.44. The minimum Gasteiger partial charge on any atom is -0.350 e. The van der Waals surface area contributed by atoms with Crippen molar-refractivity contribution in [2.24, 2.45) is 7.05 Å². The first-order valence-corrected chi connectivity index (χ1v) is 10.3. The topological polar surface area (TPSA) is 78.9 Å². The summed E-state index contributed by atoms with van der Waals surface area (Å²) in [5.74, 6) is -0.114. The fourth-order valence-corrected chi connectivity index (χ4v) is 4.44. The molecule has 2 aromatic carbocycles. The molecule has 0 radical (unpaired) electrons. The Morgan fingerprint density at radius 3 is 2.62 bits per heavy atom. The van der Waals surface area contributed by atoms with Crippen LogP contribution < -0.4 is 16.3 Å². The van der Waals surface area contributed by atoms with Crippen LogP contribution in [0.3, 0.4) is 0 Å². The lowest BCUT2D eigenvalue weighted by Crippen LogP contribution is -2.52. The van der Waals surface area contributed by atoms with Crippen molar-refractivity contribution in [2.45, 2.75) is 44.2 Å². The van der Waals surface area contributed by atoms with Crippen LogP contribution in [0.2, 0.25) is 0 Å². The molecule has 1 fully saturated rings. The van der Waals surface area contributed by atoms with Gasteiger partial charge < -0.3 is 15.6 Å². The average Bonchev–Trinajstić information content (AvgIpc) is 3.31. The van der Waals surface area contributed by atoms with E-state index in [2.05, 4.69) is 46.8 Å². The molecule has 1 unspecified atom stereocenters. The Morgan fingerprint density at radius 1 is 1.17 bits per heavy atom. The third kappa shape index (κ3) is 3.98. The molecule has 1 amide bonds. The third-order valence-electron chi connectivity index (χ3n) is 6.14. The Balaban J connectivity index is 1.46. The summed E-state index contributed by atoms with van der Waals surface area (Å²) in [6.45, 7) is 2.77. The highest BCUT2D eigenvalue weighted by Gasteiger charge is 2.35. The van der Waals surface area contributed by atoms with Crippen molar-refractivity contribution in [1.82, 2.24) is 20.2 Å². The summed E-state index contributed by atoms with van der Waals surface area (Å²) in [4.78, 5) is 27.4. The first-order chi connectivity index (χ1) is 14.0. The predicted octanol–water partition coefficient (Wildman–Crippen LogP) is 3.26. The second-order valence-corrected chi connectivity index (χ2v) is 8.17. The predicted molar refractivity (Wildman–Crippen MR) is 115 cm³/mol. The Bertz CT molecular complexity index is 1060.